The van der Waals surface area contributed by atoms with E-state index in [1.54, 1.807) is 0 Å². The van der Waals surface area contributed by atoms with E-state index in [1.807, 2.05) is 0 Å². The van der Waals surface area contributed by atoms with Gasteiger partial charge in [0.15, 0.2) is 5.78 Å². The molecule has 0 radical (unpaired) electrons. The van der Waals surface area contributed by atoms with E-state index in [2.05, 4.69) is 5.32 Å². The smallest absolute Gasteiger partial charge is 0.183 e. The Bertz CT molecular complexity index is 159. The van der Waals surface area contributed by atoms with E-state index in [0.717, 1.165) is 0 Å². The summed E-state index contributed by atoms with van der Waals surface area (Å²) >= 11 is 0. The zero-order chi connectivity index (χ0) is 10.4. The largest absolute Gasteiger partial charge is 0.394 e. The molecule has 13 heavy (non-hydrogen) atoms. The lowest BCUT2D eigenvalue weighted by Gasteiger charge is -2.19. The van der Waals surface area contributed by atoms with E-state index in [4.69, 9.17) is 20.4 Å². The molecule has 0 aliphatic heterocycles. The summed E-state index contributed by atoms with van der Waals surface area (Å²) in [7, 11) is 1.44. The van der Waals surface area contributed by atoms with E-state index in [-0.39, 0.29) is 0 Å². The lowest BCUT2D eigenvalue weighted by molar-refractivity contribution is -0.137. The van der Waals surface area contributed by atoms with Crippen molar-refractivity contribution in [1.29, 1.82) is 0 Å². The number of hydrogen-bond acceptors (Lipinski definition) is 6. The van der Waals surface area contributed by atoms with Gasteiger partial charge in [0.25, 0.3) is 0 Å². The third kappa shape index (κ3) is 3.37. The van der Waals surface area contributed by atoms with Crippen molar-refractivity contribution in [3.8, 4) is 0 Å². The van der Waals surface area contributed by atoms with Gasteiger partial charge >= 0.3 is 0 Å². The van der Waals surface area contributed by atoms with Crippen LogP contribution in [0.1, 0.15) is 0 Å². The minimum Gasteiger partial charge on any atom is -0.394 e. The van der Waals surface area contributed by atoms with Crippen LogP contribution in [0.2, 0.25) is 0 Å². The monoisotopic (exact) mass is 193 g/mol. The van der Waals surface area contributed by atoms with Crippen LogP contribution in [-0.4, -0.2) is 64.7 Å². The Balaban J connectivity index is 4.22. The van der Waals surface area contributed by atoms with Crippen molar-refractivity contribution in [2.45, 2.75) is 18.2 Å². The van der Waals surface area contributed by atoms with Gasteiger partial charge < -0.3 is 25.7 Å². The maximum atomic E-state index is 11.2. The maximum absolute atomic E-state index is 11.2. The highest BCUT2D eigenvalue weighted by Gasteiger charge is 2.28. The number of rotatable bonds is 6. The van der Waals surface area contributed by atoms with Crippen molar-refractivity contribution in [2.24, 2.45) is 0 Å². The summed E-state index contributed by atoms with van der Waals surface area (Å²) in [6.07, 6.45) is -3.18. The van der Waals surface area contributed by atoms with Gasteiger partial charge in [-0.25, -0.2) is 0 Å². The number of carbonyl (C=O) groups is 1. The molecule has 6 nitrogen and oxygen atoms in total. The number of Topliss-reactive ketones (excluding diaryl/α,β-unsaturated/α-hetero) is 1. The summed E-state index contributed by atoms with van der Waals surface area (Å²) in [6.45, 7) is -1.17. The van der Waals surface area contributed by atoms with Crippen LogP contribution in [0.5, 0.6) is 0 Å². The Kier molecular flexibility index (Phi) is 5.76. The third-order valence-corrected chi connectivity index (χ3v) is 1.72. The van der Waals surface area contributed by atoms with Crippen molar-refractivity contribution in [2.75, 3.05) is 20.3 Å². The van der Waals surface area contributed by atoms with E-state index < -0.39 is 37.2 Å². The molecule has 0 bridgehead atoms. The standard InChI is InChI=1S/C7H15NO5/c1-8-4(2-9)6(12)7(13)5(11)3-10/h4-5,7-11,13H,2-3H2,1H3/t4-,5-,7-/m1/s1. The fourth-order valence-corrected chi connectivity index (χ4v) is 0.819. The van der Waals surface area contributed by atoms with Crippen LogP contribution < -0.4 is 5.32 Å². The minimum atomic E-state index is -1.67. The first-order chi connectivity index (χ1) is 6.08. The van der Waals surface area contributed by atoms with Crippen molar-refractivity contribution in [3.63, 3.8) is 0 Å². The number of nitrogens with one attached hydrogen (secondary N) is 1. The van der Waals surface area contributed by atoms with Crippen molar-refractivity contribution in [3.05, 3.63) is 0 Å². The lowest BCUT2D eigenvalue weighted by atomic mass is 10.0. The molecule has 0 unspecified atom stereocenters. The normalized spacial score (nSPS) is 17.9. The van der Waals surface area contributed by atoms with E-state index in [1.165, 1.54) is 7.05 Å². The van der Waals surface area contributed by atoms with E-state index >= 15 is 0 Å². The molecule has 0 rings (SSSR count). The second-order valence-electron chi connectivity index (χ2n) is 2.62. The summed E-state index contributed by atoms with van der Waals surface area (Å²) in [4.78, 5) is 11.2. The van der Waals surface area contributed by atoms with Gasteiger partial charge in [0.1, 0.15) is 12.2 Å². The van der Waals surface area contributed by atoms with Gasteiger partial charge in [0, 0.05) is 0 Å². The van der Waals surface area contributed by atoms with Crippen molar-refractivity contribution < 1.29 is 25.2 Å². The first kappa shape index (κ1) is 12.5. The number of hydrogen-bond donors (Lipinski definition) is 5. The van der Waals surface area contributed by atoms with E-state index in [9.17, 15) is 4.79 Å². The SMILES string of the molecule is CN[C@H](CO)C(=O)[C@H](O)[C@H](O)CO. The predicted molar refractivity (Wildman–Crippen MR) is 44.0 cm³/mol. The Labute approximate surface area is 75.8 Å². The zero-order valence-electron chi connectivity index (χ0n) is 7.34. The molecule has 0 heterocycles. The molecule has 0 aliphatic rings. The summed E-state index contributed by atoms with van der Waals surface area (Å²) in [6, 6.07) is -0.920. The average Bonchev–Trinajstić information content (AvgIpc) is 2.17. The topological polar surface area (TPSA) is 110 Å². The first-order valence-corrected chi connectivity index (χ1v) is 3.87. The summed E-state index contributed by atoms with van der Waals surface area (Å²) in [5.41, 5.74) is 0. The second kappa shape index (κ2) is 6.01. The van der Waals surface area contributed by atoms with Gasteiger partial charge in [-0.2, -0.15) is 0 Å². The van der Waals surface area contributed by atoms with Crippen molar-refractivity contribution in [1.82, 2.24) is 5.32 Å². The summed E-state index contributed by atoms with van der Waals surface area (Å²) in [5, 5.41) is 37.6. The van der Waals surface area contributed by atoms with Gasteiger partial charge in [-0.3, -0.25) is 4.79 Å². The Hall–Kier alpha value is -0.530. The molecule has 0 aromatic carbocycles. The zero-order valence-corrected chi connectivity index (χ0v) is 7.34. The van der Waals surface area contributed by atoms with Crippen LogP contribution in [0, 0.1) is 0 Å². The van der Waals surface area contributed by atoms with Crippen molar-refractivity contribution >= 4 is 5.78 Å². The predicted octanol–water partition coefficient (Wildman–Crippen LogP) is -3.15. The molecule has 0 spiro atoms. The lowest BCUT2D eigenvalue weighted by Crippen LogP contribution is -2.48. The molecule has 0 fully saturated rings. The highest BCUT2D eigenvalue weighted by molar-refractivity contribution is 5.88. The van der Waals surface area contributed by atoms with Gasteiger partial charge in [-0.15, -0.1) is 0 Å². The highest BCUT2D eigenvalue weighted by atomic mass is 16.4. The Morgan fingerprint density at radius 3 is 2.15 bits per heavy atom. The Morgan fingerprint density at radius 2 is 1.85 bits per heavy atom. The molecule has 0 aliphatic carbocycles. The van der Waals surface area contributed by atoms with Gasteiger partial charge in [-0.05, 0) is 7.05 Å². The van der Waals surface area contributed by atoms with Crippen LogP contribution in [0.3, 0.4) is 0 Å². The molecule has 78 valence electrons. The molecule has 0 aromatic heterocycles. The van der Waals surface area contributed by atoms with Crippen LogP contribution in [0.15, 0.2) is 0 Å². The molecule has 6 heteroatoms. The summed E-state index contributed by atoms with van der Waals surface area (Å²) < 4.78 is 0. The number of likely N-dealkylation sites (N-methyl/N-ethyl adjacent to an activating group) is 1. The first-order valence-electron chi connectivity index (χ1n) is 3.87. The second-order valence-corrected chi connectivity index (χ2v) is 2.62. The molecular formula is C7H15NO5. The van der Waals surface area contributed by atoms with Crippen LogP contribution >= 0.6 is 0 Å². The fourth-order valence-electron chi connectivity index (χ4n) is 0.819. The quantitative estimate of drug-likeness (QED) is 0.305. The molecule has 0 amide bonds. The molecule has 5 N–H and O–H groups in total. The molecular weight excluding hydrogens is 178 g/mol. The molecule has 3 atom stereocenters. The number of ketones is 1. The average molecular weight is 193 g/mol. The van der Waals surface area contributed by atoms with Crippen LogP contribution in [0.25, 0.3) is 0 Å². The van der Waals surface area contributed by atoms with Gasteiger partial charge in [0.2, 0.25) is 0 Å². The van der Waals surface area contributed by atoms with E-state index in [0.29, 0.717) is 0 Å². The summed E-state index contributed by atoms with van der Waals surface area (Å²) in [5.74, 6) is -0.744. The number of aliphatic hydroxyl groups excluding tert-OH is 4. The van der Waals surface area contributed by atoms with Gasteiger partial charge in [-0.1, -0.05) is 0 Å². The highest BCUT2D eigenvalue weighted by Crippen LogP contribution is 1.98. The fraction of sp³-hybridized carbons (Fsp3) is 0.857. The van der Waals surface area contributed by atoms with Crippen LogP contribution in [0.4, 0.5) is 0 Å². The Morgan fingerprint density at radius 1 is 1.31 bits per heavy atom. The molecule has 0 aromatic rings. The number of aliphatic hydroxyl groups is 4. The van der Waals surface area contributed by atoms with Crippen LogP contribution in [-0.2, 0) is 4.79 Å². The maximum Gasteiger partial charge on any atom is 0.183 e. The minimum absolute atomic E-state index is 0.468. The third-order valence-electron chi connectivity index (χ3n) is 1.72. The van der Waals surface area contributed by atoms with Gasteiger partial charge in [0.05, 0.1) is 19.3 Å². The molecule has 0 saturated heterocycles. The molecule has 0 saturated carbocycles. The number of carbonyl (C=O) groups excluding carboxylic acids is 1.